The molecule has 1 aliphatic rings. The molecule has 0 aromatic carbocycles. The van der Waals surface area contributed by atoms with Crippen LogP contribution in [0.3, 0.4) is 0 Å². The Labute approximate surface area is 146 Å². The number of nitrogens with two attached hydrogens (primary N) is 1. The van der Waals surface area contributed by atoms with Gasteiger partial charge >= 0.3 is 0 Å². The Morgan fingerprint density at radius 2 is 2.14 bits per heavy atom. The van der Waals surface area contributed by atoms with Gasteiger partial charge in [-0.15, -0.1) is 35.3 Å². The van der Waals surface area contributed by atoms with Gasteiger partial charge in [0.05, 0.1) is 4.88 Å². The molecule has 1 amide bonds. The number of hydrogen-bond donors (Lipinski definition) is 3. The Balaban J connectivity index is 0.00000220. The summed E-state index contributed by atoms with van der Waals surface area (Å²) in [6.45, 7) is 2.21. The molecule has 0 atom stereocenters. The minimum absolute atomic E-state index is 0. The highest BCUT2D eigenvalue weighted by Crippen LogP contribution is 2.26. The van der Waals surface area contributed by atoms with Crippen LogP contribution in [0, 0.1) is 5.92 Å². The van der Waals surface area contributed by atoms with Crippen LogP contribution in [0.2, 0.25) is 0 Å². The maximum atomic E-state index is 11.7. The minimum Gasteiger partial charge on any atom is -0.370 e. The van der Waals surface area contributed by atoms with E-state index in [0.29, 0.717) is 12.5 Å². The molecule has 118 valence electrons. The molecule has 21 heavy (non-hydrogen) atoms. The van der Waals surface area contributed by atoms with Crippen LogP contribution in [0.5, 0.6) is 0 Å². The Morgan fingerprint density at radius 1 is 1.38 bits per heavy atom. The van der Waals surface area contributed by atoms with E-state index in [0.717, 1.165) is 30.3 Å². The van der Waals surface area contributed by atoms with Gasteiger partial charge in [-0.1, -0.05) is 12.5 Å². The lowest BCUT2D eigenvalue weighted by molar-refractivity contribution is 0.0957. The van der Waals surface area contributed by atoms with E-state index in [4.69, 9.17) is 5.73 Å². The van der Waals surface area contributed by atoms with Crippen molar-refractivity contribution in [3.05, 3.63) is 22.4 Å². The summed E-state index contributed by atoms with van der Waals surface area (Å²) >= 11 is 1.45. The quantitative estimate of drug-likeness (QED) is 0.273. The molecule has 0 aliphatic heterocycles. The molecule has 0 unspecified atom stereocenters. The first-order valence-corrected chi connectivity index (χ1v) is 7.99. The van der Waals surface area contributed by atoms with E-state index in [1.54, 1.807) is 0 Å². The molecule has 4 N–H and O–H groups in total. The SMILES string of the molecule is I.NC(=NCC1CCC1)NCCCNC(=O)c1cccs1. The zero-order chi connectivity index (χ0) is 14.2. The van der Waals surface area contributed by atoms with Gasteiger partial charge in [0.25, 0.3) is 5.91 Å². The molecule has 1 saturated carbocycles. The number of halogens is 1. The fourth-order valence-corrected chi connectivity index (χ4v) is 2.60. The van der Waals surface area contributed by atoms with Crippen molar-refractivity contribution < 1.29 is 4.79 Å². The van der Waals surface area contributed by atoms with Gasteiger partial charge in [-0.2, -0.15) is 0 Å². The van der Waals surface area contributed by atoms with Crippen molar-refractivity contribution in [1.82, 2.24) is 10.6 Å². The summed E-state index contributed by atoms with van der Waals surface area (Å²) in [5, 5.41) is 7.85. The molecule has 2 rings (SSSR count). The summed E-state index contributed by atoms with van der Waals surface area (Å²) in [6.07, 6.45) is 4.73. The first-order valence-electron chi connectivity index (χ1n) is 7.11. The summed E-state index contributed by atoms with van der Waals surface area (Å²) in [4.78, 5) is 16.7. The van der Waals surface area contributed by atoms with Gasteiger partial charge in [0, 0.05) is 19.6 Å². The van der Waals surface area contributed by atoms with Gasteiger partial charge < -0.3 is 16.4 Å². The number of carbonyl (C=O) groups is 1. The zero-order valence-corrected chi connectivity index (χ0v) is 15.2. The number of nitrogens with one attached hydrogen (secondary N) is 2. The van der Waals surface area contributed by atoms with Crippen LogP contribution in [-0.2, 0) is 0 Å². The highest BCUT2D eigenvalue weighted by atomic mass is 127. The van der Waals surface area contributed by atoms with E-state index < -0.39 is 0 Å². The van der Waals surface area contributed by atoms with Crippen molar-refractivity contribution >= 4 is 47.2 Å². The third kappa shape index (κ3) is 6.64. The smallest absolute Gasteiger partial charge is 0.261 e. The van der Waals surface area contributed by atoms with Crippen molar-refractivity contribution in [3.63, 3.8) is 0 Å². The van der Waals surface area contributed by atoms with Gasteiger partial charge in [0.1, 0.15) is 0 Å². The summed E-state index contributed by atoms with van der Waals surface area (Å²) in [7, 11) is 0. The largest absolute Gasteiger partial charge is 0.370 e. The van der Waals surface area contributed by atoms with Crippen LogP contribution in [0.1, 0.15) is 35.4 Å². The third-order valence-corrected chi connectivity index (χ3v) is 4.30. The van der Waals surface area contributed by atoms with E-state index in [1.807, 2.05) is 17.5 Å². The molecule has 1 aliphatic carbocycles. The van der Waals surface area contributed by atoms with Gasteiger partial charge in [0.15, 0.2) is 5.96 Å². The number of guanidine groups is 1. The summed E-state index contributed by atoms with van der Waals surface area (Å²) in [5.74, 6) is 1.24. The van der Waals surface area contributed by atoms with Gasteiger partial charge in [-0.05, 0) is 36.6 Å². The number of carbonyl (C=O) groups excluding carboxylic acids is 1. The monoisotopic (exact) mass is 422 g/mol. The fourth-order valence-electron chi connectivity index (χ4n) is 1.96. The Kier molecular flexibility index (Phi) is 8.67. The standard InChI is InChI=1S/C14H22N4OS.HI/c15-14(18-10-11-4-1-5-11)17-8-3-7-16-13(19)12-6-2-9-20-12;/h2,6,9,11H,1,3-5,7-8,10H2,(H,16,19)(H3,15,17,18);1H. The average molecular weight is 422 g/mol. The normalized spacial score (nSPS) is 15.0. The van der Waals surface area contributed by atoms with Crippen molar-refractivity contribution in [1.29, 1.82) is 0 Å². The molecule has 0 bridgehead atoms. The maximum Gasteiger partial charge on any atom is 0.261 e. The lowest BCUT2D eigenvalue weighted by Crippen LogP contribution is -2.35. The molecular formula is C14H23IN4OS. The zero-order valence-electron chi connectivity index (χ0n) is 12.0. The average Bonchev–Trinajstić information content (AvgIpc) is 2.90. The Hall–Kier alpha value is -0.830. The van der Waals surface area contributed by atoms with E-state index in [2.05, 4.69) is 15.6 Å². The maximum absolute atomic E-state index is 11.7. The van der Waals surface area contributed by atoms with Gasteiger partial charge in [-0.3, -0.25) is 9.79 Å². The molecule has 1 fully saturated rings. The summed E-state index contributed by atoms with van der Waals surface area (Å²) in [6, 6.07) is 3.70. The second-order valence-electron chi connectivity index (χ2n) is 5.04. The number of rotatable bonds is 7. The number of aliphatic imine (C=N–C) groups is 1. The van der Waals surface area contributed by atoms with Crippen LogP contribution in [0.25, 0.3) is 0 Å². The predicted molar refractivity (Wildman–Crippen MR) is 98.5 cm³/mol. The van der Waals surface area contributed by atoms with Crippen LogP contribution >= 0.6 is 35.3 Å². The molecule has 7 heteroatoms. The molecule has 0 spiro atoms. The van der Waals surface area contributed by atoms with Crippen LogP contribution in [0.15, 0.2) is 22.5 Å². The molecule has 1 aromatic rings. The van der Waals surface area contributed by atoms with Gasteiger partial charge in [0.2, 0.25) is 0 Å². The molecule has 1 heterocycles. The second-order valence-corrected chi connectivity index (χ2v) is 5.98. The summed E-state index contributed by atoms with van der Waals surface area (Å²) in [5.41, 5.74) is 5.77. The van der Waals surface area contributed by atoms with E-state index in [9.17, 15) is 4.79 Å². The topological polar surface area (TPSA) is 79.5 Å². The number of thiophene rings is 1. The highest BCUT2D eigenvalue weighted by molar-refractivity contribution is 14.0. The highest BCUT2D eigenvalue weighted by Gasteiger charge is 2.16. The molecule has 5 nitrogen and oxygen atoms in total. The Morgan fingerprint density at radius 3 is 2.76 bits per heavy atom. The third-order valence-electron chi connectivity index (χ3n) is 3.43. The van der Waals surface area contributed by atoms with Gasteiger partial charge in [-0.25, -0.2) is 0 Å². The molecule has 1 aromatic heterocycles. The summed E-state index contributed by atoms with van der Waals surface area (Å²) < 4.78 is 0. The van der Waals surface area contributed by atoms with Crippen molar-refractivity contribution in [2.24, 2.45) is 16.6 Å². The second kappa shape index (κ2) is 9.99. The van der Waals surface area contributed by atoms with Crippen molar-refractivity contribution in [2.75, 3.05) is 19.6 Å². The van der Waals surface area contributed by atoms with E-state index in [1.165, 1.54) is 30.6 Å². The first kappa shape index (κ1) is 18.2. The van der Waals surface area contributed by atoms with Crippen LogP contribution in [0.4, 0.5) is 0 Å². The van der Waals surface area contributed by atoms with Crippen molar-refractivity contribution in [2.45, 2.75) is 25.7 Å². The van der Waals surface area contributed by atoms with E-state index in [-0.39, 0.29) is 29.9 Å². The minimum atomic E-state index is -0.00776. The van der Waals surface area contributed by atoms with Crippen molar-refractivity contribution in [3.8, 4) is 0 Å². The first-order chi connectivity index (χ1) is 9.75. The van der Waals surface area contributed by atoms with Crippen LogP contribution in [-0.4, -0.2) is 31.5 Å². The number of hydrogen-bond acceptors (Lipinski definition) is 3. The lowest BCUT2D eigenvalue weighted by atomic mass is 9.86. The molecule has 0 radical (unpaired) electrons. The number of amides is 1. The predicted octanol–water partition coefficient (Wildman–Crippen LogP) is 2.19. The fraction of sp³-hybridized carbons (Fsp3) is 0.571. The lowest BCUT2D eigenvalue weighted by Gasteiger charge is -2.23. The Bertz CT molecular complexity index is 446. The van der Waals surface area contributed by atoms with Crippen LogP contribution < -0.4 is 16.4 Å². The number of nitrogens with zero attached hydrogens (tertiary/aromatic N) is 1. The molecular weight excluding hydrogens is 399 g/mol. The molecule has 0 saturated heterocycles. The van der Waals surface area contributed by atoms with E-state index >= 15 is 0 Å².